The highest BCUT2D eigenvalue weighted by molar-refractivity contribution is 5.83. The van der Waals surface area contributed by atoms with E-state index in [1.165, 1.54) is 33.4 Å². The molecular formula is C51H49N. The van der Waals surface area contributed by atoms with E-state index in [1.54, 1.807) is 6.08 Å². The summed E-state index contributed by atoms with van der Waals surface area (Å²) in [5.74, 6) is 0. The first kappa shape index (κ1) is 37.1. The average molecular weight is 676 g/mol. The minimum absolute atomic E-state index is 0.0293. The van der Waals surface area contributed by atoms with Crippen molar-refractivity contribution in [2.45, 2.75) is 33.1 Å². The number of para-hydroxylation sites is 1. The first-order valence-electron chi connectivity index (χ1n) is 17.8. The lowest BCUT2D eigenvalue weighted by atomic mass is 9.81. The van der Waals surface area contributed by atoms with Gasteiger partial charge < -0.3 is 4.90 Å². The highest BCUT2D eigenvalue weighted by Gasteiger charge is 2.35. The van der Waals surface area contributed by atoms with Gasteiger partial charge in [-0.1, -0.05) is 173 Å². The van der Waals surface area contributed by atoms with E-state index in [0.717, 1.165) is 33.7 Å². The van der Waals surface area contributed by atoms with Gasteiger partial charge >= 0.3 is 0 Å². The van der Waals surface area contributed by atoms with Crippen molar-refractivity contribution in [3.05, 3.63) is 241 Å². The van der Waals surface area contributed by atoms with Crippen LogP contribution in [-0.2, 0) is 5.41 Å². The highest BCUT2D eigenvalue weighted by Crippen LogP contribution is 2.49. The molecule has 1 nitrogen and oxygen atoms in total. The zero-order chi connectivity index (χ0) is 36.9. The van der Waals surface area contributed by atoms with E-state index in [0.29, 0.717) is 0 Å². The van der Waals surface area contributed by atoms with Crippen molar-refractivity contribution in [3.8, 4) is 22.3 Å². The summed E-state index contributed by atoms with van der Waals surface area (Å²) in [6.45, 7) is 20.8. The van der Waals surface area contributed by atoms with Gasteiger partial charge in [-0.3, -0.25) is 0 Å². The summed E-state index contributed by atoms with van der Waals surface area (Å²) in [4.78, 5) is 2.15. The van der Waals surface area contributed by atoms with Crippen LogP contribution in [0.2, 0.25) is 0 Å². The molecule has 0 amide bonds. The van der Waals surface area contributed by atoms with Crippen LogP contribution in [0, 0.1) is 0 Å². The summed E-state index contributed by atoms with van der Waals surface area (Å²) in [7, 11) is 0. The van der Waals surface area contributed by atoms with Gasteiger partial charge in [0.1, 0.15) is 0 Å². The maximum absolute atomic E-state index is 4.24. The zero-order valence-electron chi connectivity index (χ0n) is 31.0. The second-order valence-electron chi connectivity index (χ2n) is 13.2. The number of nitrogens with zero attached hydrogens (tertiary/aromatic N) is 1. The fraction of sp³-hybridized carbons (Fsp3) is 0.0980. The monoisotopic (exact) mass is 675 g/mol. The first-order valence-corrected chi connectivity index (χ1v) is 17.8. The van der Waals surface area contributed by atoms with Crippen molar-refractivity contribution < 1.29 is 0 Å². The van der Waals surface area contributed by atoms with Crippen molar-refractivity contribution in [2.24, 2.45) is 0 Å². The van der Waals surface area contributed by atoms with Gasteiger partial charge in [0.25, 0.3) is 0 Å². The van der Waals surface area contributed by atoms with Gasteiger partial charge in [0, 0.05) is 23.0 Å². The molecule has 0 N–H and O–H groups in total. The zero-order valence-corrected chi connectivity index (χ0v) is 31.0. The van der Waals surface area contributed by atoms with E-state index in [4.69, 9.17) is 0 Å². The summed E-state index contributed by atoms with van der Waals surface area (Å²) < 4.78 is 0. The molecule has 258 valence electrons. The molecule has 4 aromatic rings. The number of benzene rings is 4. The standard InChI is InChI=1S/C51H49N/c1-8-12-14-16-23-40(10-3)24-21-35-52(46-25-17-15-18-26-46)45(11-4)37-44(39(5)22-13-9-2)36-41-29-31-42(32-30-41)43-33-34-48-47-27-19-20-28-49(47)51(6,7)50(48)38-43/h8-38H,1,3-4H2,2,5-7H3/b13-9-,14-12-,23-16+,35-21+,39-22+,40-24+,44-36-,45-37+. The minimum atomic E-state index is -0.0293. The Hall–Kier alpha value is -6.18. The van der Waals surface area contributed by atoms with Crippen LogP contribution in [0.25, 0.3) is 28.3 Å². The Kier molecular flexibility index (Phi) is 12.6. The normalized spacial score (nSPS) is 14.7. The average Bonchev–Trinajstić information content (AvgIpc) is 3.41. The molecule has 0 aromatic heterocycles. The molecule has 5 rings (SSSR count). The maximum atomic E-state index is 4.24. The van der Waals surface area contributed by atoms with Crippen molar-refractivity contribution in [1.82, 2.24) is 0 Å². The van der Waals surface area contributed by atoms with Crippen LogP contribution in [0.4, 0.5) is 5.69 Å². The Balaban J connectivity index is 1.50. The molecule has 0 fully saturated rings. The topological polar surface area (TPSA) is 3.24 Å². The lowest BCUT2D eigenvalue weighted by Crippen LogP contribution is -2.14. The molecule has 1 heteroatoms. The molecule has 4 aromatic carbocycles. The molecule has 0 saturated carbocycles. The van der Waals surface area contributed by atoms with Gasteiger partial charge in [-0.25, -0.2) is 0 Å². The van der Waals surface area contributed by atoms with E-state index < -0.39 is 0 Å². The molecule has 52 heavy (non-hydrogen) atoms. The molecule has 0 bridgehead atoms. The van der Waals surface area contributed by atoms with E-state index >= 15 is 0 Å². The molecule has 1 aliphatic carbocycles. The van der Waals surface area contributed by atoms with Gasteiger partial charge in [0.05, 0.1) is 0 Å². The number of fused-ring (bicyclic) bond motifs is 3. The number of hydrogen-bond acceptors (Lipinski definition) is 1. The smallest absolute Gasteiger partial charge is 0.0455 e. The molecule has 0 spiro atoms. The van der Waals surface area contributed by atoms with Gasteiger partial charge in [-0.2, -0.15) is 0 Å². The van der Waals surface area contributed by atoms with E-state index in [-0.39, 0.29) is 5.41 Å². The third kappa shape index (κ3) is 8.75. The predicted octanol–water partition coefficient (Wildman–Crippen LogP) is 14.1. The van der Waals surface area contributed by atoms with Gasteiger partial charge in [0.2, 0.25) is 0 Å². The first-order chi connectivity index (χ1) is 25.3. The summed E-state index contributed by atoms with van der Waals surface area (Å²) in [5, 5.41) is 0. The summed E-state index contributed by atoms with van der Waals surface area (Å²) in [6.07, 6.45) is 30.2. The van der Waals surface area contributed by atoms with E-state index in [2.05, 4.69) is 161 Å². The van der Waals surface area contributed by atoms with E-state index in [1.807, 2.05) is 73.7 Å². The van der Waals surface area contributed by atoms with Crippen LogP contribution in [-0.4, -0.2) is 0 Å². The molecule has 0 aliphatic heterocycles. The molecule has 1 aliphatic rings. The number of anilines is 1. The number of rotatable bonds is 14. The third-order valence-electron chi connectivity index (χ3n) is 9.38. The fourth-order valence-electron chi connectivity index (χ4n) is 6.48. The Labute approximate surface area is 312 Å². The molecule has 0 saturated heterocycles. The lowest BCUT2D eigenvalue weighted by Gasteiger charge is -2.22. The van der Waals surface area contributed by atoms with Crippen LogP contribution in [0.5, 0.6) is 0 Å². The summed E-state index contributed by atoms with van der Waals surface area (Å²) >= 11 is 0. The van der Waals surface area contributed by atoms with Crippen LogP contribution < -0.4 is 4.90 Å². The Morgan fingerprint density at radius 1 is 0.673 bits per heavy atom. The molecule has 0 atom stereocenters. The summed E-state index contributed by atoms with van der Waals surface area (Å²) in [6, 6.07) is 34.9. The third-order valence-corrected chi connectivity index (χ3v) is 9.38. The number of hydrogen-bond donors (Lipinski definition) is 0. The van der Waals surface area contributed by atoms with Crippen LogP contribution in [0.3, 0.4) is 0 Å². The maximum Gasteiger partial charge on any atom is 0.0455 e. The van der Waals surface area contributed by atoms with Crippen LogP contribution in [0.15, 0.2) is 224 Å². The van der Waals surface area contributed by atoms with Gasteiger partial charge in [0.15, 0.2) is 0 Å². The molecule has 0 radical (unpaired) electrons. The van der Waals surface area contributed by atoms with Crippen LogP contribution >= 0.6 is 0 Å². The van der Waals surface area contributed by atoms with Gasteiger partial charge in [-0.15, -0.1) is 0 Å². The van der Waals surface area contributed by atoms with Crippen molar-refractivity contribution in [2.75, 3.05) is 4.90 Å². The Bertz CT molecular complexity index is 2150. The highest BCUT2D eigenvalue weighted by atomic mass is 15.1. The SMILES string of the molecule is C=C\C=C/C=C/C(C=C)=C/C=C/N(/C(C=C)=C/C(=C/c1ccc(-c2ccc3c(c2)C(C)(C)c2ccccc2-3)cc1)C(/C)=C/C=C\C)c1ccccc1. The lowest BCUT2D eigenvalue weighted by molar-refractivity contribution is 0.660. The summed E-state index contributed by atoms with van der Waals surface area (Å²) in [5.41, 5.74) is 14.2. The van der Waals surface area contributed by atoms with Crippen molar-refractivity contribution in [1.29, 1.82) is 0 Å². The predicted molar refractivity (Wildman–Crippen MR) is 229 cm³/mol. The quantitative estimate of drug-likeness (QED) is 0.120. The molecule has 0 heterocycles. The molecular weight excluding hydrogens is 627 g/mol. The Morgan fingerprint density at radius 2 is 1.38 bits per heavy atom. The van der Waals surface area contributed by atoms with Crippen molar-refractivity contribution >= 4 is 11.8 Å². The van der Waals surface area contributed by atoms with Crippen molar-refractivity contribution in [3.63, 3.8) is 0 Å². The second kappa shape index (κ2) is 17.7. The van der Waals surface area contributed by atoms with Gasteiger partial charge in [-0.05, 0) is 112 Å². The Morgan fingerprint density at radius 3 is 2.10 bits per heavy atom. The number of allylic oxidation sites excluding steroid dienone is 16. The largest absolute Gasteiger partial charge is 0.317 e. The molecule has 0 unspecified atom stereocenters. The fourth-order valence-corrected chi connectivity index (χ4v) is 6.48. The second-order valence-corrected chi connectivity index (χ2v) is 13.2. The van der Waals surface area contributed by atoms with E-state index in [9.17, 15) is 0 Å². The minimum Gasteiger partial charge on any atom is -0.317 e. The van der Waals surface area contributed by atoms with Crippen LogP contribution in [0.1, 0.15) is 44.4 Å².